The lowest BCUT2D eigenvalue weighted by atomic mass is 10.2. The third kappa shape index (κ3) is 8.91. The fourth-order valence-corrected chi connectivity index (χ4v) is 3.80. The van der Waals surface area contributed by atoms with Crippen molar-refractivity contribution >= 4 is 35.7 Å². The van der Waals surface area contributed by atoms with Crippen molar-refractivity contribution in [3.8, 4) is 0 Å². The number of nitrogens with zero attached hydrogens (tertiary/aromatic N) is 6. The number of halogens is 1. The molecule has 2 aliphatic rings. The first-order valence-electron chi connectivity index (χ1n) is 12.1. The van der Waals surface area contributed by atoms with Crippen molar-refractivity contribution in [3.05, 3.63) is 47.3 Å². The number of piperazine rings is 2. The molecule has 4 rings (SSSR count). The van der Waals surface area contributed by atoms with E-state index in [4.69, 9.17) is 4.74 Å². The van der Waals surface area contributed by atoms with E-state index in [1.807, 2.05) is 46.0 Å². The molecule has 0 radical (unpaired) electrons. The zero-order valence-corrected chi connectivity index (χ0v) is 22.8. The van der Waals surface area contributed by atoms with Crippen molar-refractivity contribution in [2.45, 2.75) is 33.3 Å². The molecule has 36 heavy (non-hydrogen) atoms. The highest BCUT2D eigenvalue weighted by molar-refractivity contribution is 5.85. The molecule has 2 aromatic heterocycles. The van der Waals surface area contributed by atoms with Gasteiger partial charge in [0.1, 0.15) is 12.6 Å². The molecule has 0 spiro atoms. The van der Waals surface area contributed by atoms with Gasteiger partial charge in [0.05, 0.1) is 17.6 Å². The molecule has 10 nitrogen and oxygen atoms in total. The van der Waals surface area contributed by atoms with Crippen LogP contribution >= 0.6 is 12.4 Å². The Morgan fingerprint density at radius 2 is 1.47 bits per heavy atom. The lowest BCUT2D eigenvalue weighted by molar-refractivity contribution is -0.432. The maximum absolute atomic E-state index is 12.0. The Kier molecular flexibility index (Phi) is 10.9. The van der Waals surface area contributed by atoms with Crippen LogP contribution in [0.2, 0.25) is 0 Å². The van der Waals surface area contributed by atoms with Crippen LogP contribution in [0.4, 0.5) is 22.0 Å². The Labute approximate surface area is 220 Å². The van der Waals surface area contributed by atoms with Gasteiger partial charge in [-0.1, -0.05) is 4.91 Å². The van der Waals surface area contributed by atoms with Gasteiger partial charge in [0.15, 0.2) is 6.20 Å². The van der Waals surface area contributed by atoms with E-state index in [0.717, 1.165) is 61.1 Å². The predicted octanol–water partition coefficient (Wildman–Crippen LogP) is 3.40. The molecule has 4 heterocycles. The number of hydrogen-bond acceptors (Lipinski definition) is 8. The van der Waals surface area contributed by atoms with Crippen LogP contribution in [-0.2, 0) is 4.74 Å². The van der Waals surface area contributed by atoms with E-state index in [-0.39, 0.29) is 18.5 Å². The SMILES string of the molecule is C[N+](=O)c1ccc(N2CCNCC2)cn1.Cc1ccc(N2CCN(C(=O)OC(C)(C)C)CC2)cn1.Cl. The van der Waals surface area contributed by atoms with E-state index in [1.165, 1.54) is 7.05 Å². The van der Waals surface area contributed by atoms with Gasteiger partial charge in [0.2, 0.25) is 0 Å². The average Bonchev–Trinajstić information content (AvgIpc) is 2.85. The van der Waals surface area contributed by atoms with Gasteiger partial charge in [-0.15, -0.1) is 12.4 Å². The molecule has 2 aliphatic heterocycles. The highest BCUT2D eigenvalue weighted by atomic mass is 35.5. The number of ether oxygens (including phenoxy) is 1. The Hall–Kier alpha value is -2.98. The Bertz CT molecular complexity index is 967. The van der Waals surface area contributed by atoms with Gasteiger partial charge in [-0.2, -0.15) is 0 Å². The van der Waals surface area contributed by atoms with Crippen LogP contribution in [0.25, 0.3) is 0 Å². The van der Waals surface area contributed by atoms with Crippen molar-refractivity contribution < 1.29 is 14.3 Å². The lowest BCUT2D eigenvalue weighted by Gasteiger charge is -2.36. The van der Waals surface area contributed by atoms with Crippen molar-refractivity contribution in [2.75, 3.05) is 69.2 Å². The van der Waals surface area contributed by atoms with Crippen molar-refractivity contribution in [1.82, 2.24) is 20.2 Å². The number of rotatable bonds is 3. The molecule has 1 amide bonds. The van der Waals surface area contributed by atoms with Crippen LogP contribution < -0.4 is 15.1 Å². The first-order chi connectivity index (χ1) is 16.6. The summed E-state index contributed by atoms with van der Waals surface area (Å²) in [6, 6.07) is 7.79. The molecule has 0 aliphatic carbocycles. The summed E-state index contributed by atoms with van der Waals surface area (Å²) in [7, 11) is 1.45. The number of carbonyl (C=O) groups is 1. The fraction of sp³-hybridized carbons (Fsp3) is 0.560. The molecule has 2 aromatic rings. The number of hydrogen-bond donors (Lipinski definition) is 1. The first-order valence-corrected chi connectivity index (χ1v) is 12.1. The summed E-state index contributed by atoms with van der Waals surface area (Å²) < 4.78 is 6.16. The lowest BCUT2D eigenvalue weighted by Crippen LogP contribution is -2.50. The zero-order chi connectivity index (χ0) is 25.4. The number of anilines is 2. The fourth-order valence-electron chi connectivity index (χ4n) is 3.80. The largest absolute Gasteiger partial charge is 0.444 e. The summed E-state index contributed by atoms with van der Waals surface area (Å²) in [6.07, 6.45) is 3.42. The molecule has 0 atom stereocenters. The van der Waals surface area contributed by atoms with Crippen molar-refractivity contribution in [1.29, 1.82) is 0 Å². The van der Waals surface area contributed by atoms with Crippen LogP contribution in [0.1, 0.15) is 26.5 Å². The molecule has 0 unspecified atom stereocenters. The van der Waals surface area contributed by atoms with E-state index in [9.17, 15) is 9.70 Å². The molecule has 2 fully saturated rings. The second kappa shape index (κ2) is 13.4. The number of amides is 1. The molecule has 0 bridgehead atoms. The maximum atomic E-state index is 12.0. The highest BCUT2D eigenvalue weighted by Crippen LogP contribution is 2.18. The standard InChI is InChI=1S/C15H23N3O2.C10H15N4O.ClH/c1-12-5-6-13(11-16-12)17-7-9-18(10-8-17)14(19)20-15(2,3)4;1-13(15)10-3-2-9(8-12-10)14-6-4-11-5-7-14;/h5-6,11H,7-10H2,1-4H3;2-3,8,11H,4-7H2,1H3;1H/q;+1;. The second-order valence-electron chi connectivity index (χ2n) is 9.72. The van der Waals surface area contributed by atoms with Gasteiger partial charge >= 0.3 is 11.9 Å². The van der Waals surface area contributed by atoms with Gasteiger partial charge in [-0.3, -0.25) is 4.98 Å². The number of pyridine rings is 2. The summed E-state index contributed by atoms with van der Waals surface area (Å²) in [4.78, 5) is 37.6. The van der Waals surface area contributed by atoms with Crippen molar-refractivity contribution in [3.63, 3.8) is 0 Å². The van der Waals surface area contributed by atoms with Crippen LogP contribution in [0.15, 0.2) is 36.7 Å². The molecular weight excluding hydrogens is 482 g/mol. The number of aryl methyl sites for hydroxylation is 1. The van der Waals surface area contributed by atoms with Gasteiger partial charge < -0.3 is 24.8 Å². The highest BCUT2D eigenvalue weighted by Gasteiger charge is 2.26. The zero-order valence-electron chi connectivity index (χ0n) is 21.9. The topological polar surface area (TPSA) is 93.9 Å². The van der Waals surface area contributed by atoms with Gasteiger partial charge in [0.25, 0.3) is 0 Å². The Morgan fingerprint density at radius 3 is 1.94 bits per heavy atom. The monoisotopic (exact) mass is 520 g/mol. The minimum Gasteiger partial charge on any atom is -0.444 e. The molecule has 0 saturated carbocycles. The summed E-state index contributed by atoms with van der Waals surface area (Å²) >= 11 is 0. The number of carbonyl (C=O) groups excluding carboxylic acids is 1. The smallest absolute Gasteiger partial charge is 0.410 e. The van der Waals surface area contributed by atoms with Gasteiger partial charge in [-0.05, 0) is 55.6 Å². The van der Waals surface area contributed by atoms with Crippen LogP contribution in [0.5, 0.6) is 0 Å². The predicted molar refractivity (Wildman–Crippen MR) is 145 cm³/mol. The molecular formula is C25H39ClN7O3+. The van der Waals surface area contributed by atoms with Gasteiger partial charge in [0, 0.05) is 64.1 Å². The minimum absolute atomic E-state index is 0. The normalized spacial score (nSPS) is 15.9. The van der Waals surface area contributed by atoms with Crippen LogP contribution in [-0.4, -0.2) is 90.7 Å². The van der Waals surface area contributed by atoms with E-state index in [2.05, 4.69) is 31.2 Å². The van der Waals surface area contributed by atoms with E-state index in [1.54, 1.807) is 17.2 Å². The number of nitrogens with one attached hydrogen (secondary N) is 1. The van der Waals surface area contributed by atoms with Crippen LogP contribution in [0.3, 0.4) is 0 Å². The third-order valence-electron chi connectivity index (χ3n) is 5.73. The molecule has 0 aromatic carbocycles. The quantitative estimate of drug-likeness (QED) is 0.615. The molecule has 2 saturated heterocycles. The minimum atomic E-state index is -0.435. The Morgan fingerprint density at radius 1 is 0.917 bits per heavy atom. The Balaban J connectivity index is 0.000000256. The number of nitroso groups, excluding NO2 is 1. The van der Waals surface area contributed by atoms with E-state index < -0.39 is 5.60 Å². The summed E-state index contributed by atoms with van der Waals surface area (Å²) in [6.45, 7) is 14.6. The summed E-state index contributed by atoms with van der Waals surface area (Å²) in [5.41, 5.74) is 2.78. The van der Waals surface area contributed by atoms with E-state index >= 15 is 0 Å². The van der Waals surface area contributed by atoms with Gasteiger partial charge in [-0.25, -0.2) is 4.79 Å². The molecule has 198 valence electrons. The summed E-state index contributed by atoms with van der Waals surface area (Å²) in [5.74, 6) is 0.453. The molecule has 11 heteroatoms. The van der Waals surface area contributed by atoms with Crippen LogP contribution in [0, 0.1) is 11.8 Å². The van der Waals surface area contributed by atoms with E-state index in [0.29, 0.717) is 18.9 Å². The first kappa shape index (κ1) is 29.3. The third-order valence-corrected chi connectivity index (χ3v) is 5.73. The molecule has 1 N–H and O–H groups in total. The summed E-state index contributed by atoms with van der Waals surface area (Å²) in [5, 5.41) is 3.29. The average molecular weight is 521 g/mol. The second-order valence-corrected chi connectivity index (χ2v) is 9.72. The maximum Gasteiger partial charge on any atom is 0.410 e. The van der Waals surface area contributed by atoms with Crippen molar-refractivity contribution in [2.24, 2.45) is 0 Å². The number of aromatic nitrogens is 2.